The Labute approximate surface area is 229 Å². The first-order valence-corrected chi connectivity index (χ1v) is 13.8. The number of unbranched alkanes of at least 4 members (excludes halogenated alkanes) is 1. The van der Waals surface area contributed by atoms with Gasteiger partial charge in [0, 0.05) is 23.7 Å². The monoisotopic (exact) mass is 571 g/mol. The van der Waals surface area contributed by atoms with Crippen LogP contribution in [0.15, 0.2) is 63.2 Å². The highest BCUT2D eigenvalue weighted by Crippen LogP contribution is 2.35. The molecule has 0 saturated carbocycles. The lowest BCUT2D eigenvalue weighted by Gasteiger charge is -2.19. The molecule has 9 nitrogen and oxygen atoms in total. The van der Waals surface area contributed by atoms with Crippen molar-refractivity contribution in [2.24, 2.45) is 0 Å². The first-order chi connectivity index (χ1) is 19.1. The molecule has 0 aliphatic carbocycles. The van der Waals surface area contributed by atoms with Crippen LogP contribution in [0.1, 0.15) is 31.2 Å². The van der Waals surface area contributed by atoms with Crippen LogP contribution in [0.2, 0.25) is 0 Å². The molecule has 40 heavy (non-hydrogen) atoms. The summed E-state index contributed by atoms with van der Waals surface area (Å²) in [6.45, 7) is 3.34. The second-order valence-corrected chi connectivity index (χ2v) is 10.7. The SMILES string of the molecule is CCCCc1nc(O)c(S(=O)(=O)c2ccc(-c3ccnc(F)c3C)c(F)c2)c(=O)n1-c1c(OC)cccc1OC. The van der Waals surface area contributed by atoms with Crippen molar-refractivity contribution in [3.63, 3.8) is 0 Å². The van der Waals surface area contributed by atoms with Crippen molar-refractivity contribution in [2.75, 3.05) is 14.2 Å². The number of aryl methyl sites for hydroxylation is 1. The van der Waals surface area contributed by atoms with Gasteiger partial charge in [0.1, 0.15) is 28.8 Å². The maximum atomic E-state index is 15.2. The molecule has 2 aromatic carbocycles. The number of hydrogen-bond acceptors (Lipinski definition) is 8. The van der Waals surface area contributed by atoms with Gasteiger partial charge in [-0.3, -0.25) is 9.36 Å². The quantitative estimate of drug-likeness (QED) is 0.285. The molecule has 0 saturated heterocycles. The molecule has 0 fully saturated rings. The summed E-state index contributed by atoms with van der Waals surface area (Å²) in [6.07, 6.45) is 2.70. The lowest BCUT2D eigenvalue weighted by atomic mass is 10.0. The molecule has 4 aromatic rings. The second-order valence-electron chi connectivity index (χ2n) is 8.86. The molecule has 210 valence electrons. The van der Waals surface area contributed by atoms with Gasteiger partial charge in [-0.2, -0.15) is 9.37 Å². The molecule has 1 N–H and O–H groups in total. The molecule has 0 aliphatic heterocycles. The van der Waals surface area contributed by atoms with Crippen molar-refractivity contribution in [3.8, 4) is 34.2 Å². The van der Waals surface area contributed by atoms with Crippen LogP contribution in [0.5, 0.6) is 17.4 Å². The summed E-state index contributed by atoms with van der Waals surface area (Å²) in [7, 11) is -2.05. The van der Waals surface area contributed by atoms with E-state index in [4.69, 9.17) is 9.47 Å². The maximum Gasteiger partial charge on any atom is 0.281 e. The molecule has 0 atom stereocenters. The smallest absolute Gasteiger partial charge is 0.281 e. The lowest BCUT2D eigenvalue weighted by Crippen LogP contribution is -2.30. The molecular weight excluding hydrogens is 544 g/mol. The van der Waals surface area contributed by atoms with E-state index in [-0.39, 0.29) is 46.1 Å². The highest BCUT2D eigenvalue weighted by Gasteiger charge is 2.32. The molecule has 0 spiro atoms. The summed E-state index contributed by atoms with van der Waals surface area (Å²) in [4.78, 5) is 19.9. The molecule has 2 aromatic heterocycles. The number of ether oxygens (including phenoxy) is 2. The van der Waals surface area contributed by atoms with E-state index in [9.17, 15) is 22.7 Å². The largest absolute Gasteiger partial charge is 0.494 e. The van der Waals surface area contributed by atoms with Crippen molar-refractivity contribution in [3.05, 3.63) is 82.2 Å². The third kappa shape index (κ3) is 5.02. The van der Waals surface area contributed by atoms with Gasteiger partial charge in [0.05, 0.1) is 19.1 Å². The number of benzene rings is 2. The van der Waals surface area contributed by atoms with Crippen LogP contribution in [0, 0.1) is 18.7 Å². The number of pyridine rings is 1. The highest BCUT2D eigenvalue weighted by atomic mass is 32.2. The minimum absolute atomic E-state index is 0.0637. The minimum Gasteiger partial charge on any atom is -0.494 e. The predicted molar refractivity (Wildman–Crippen MR) is 143 cm³/mol. The minimum atomic E-state index is -4.80. The van der Waals surface area contributed by atoms with Gasteiger partial charge < -0.3 is 14.6 Å². The van der Waals surface area contributed by atoms with Gasteiger partial charge in [-0.25, -0.2) is 17.8 Å². The number of sulfone groups is 1. The number of nitrogens with zero attached hydrogens (tertiary/aromatic N) is 3. The Balaban J connectivity index is 1.96. The zero-order valence-electron chi connectivity index (χ0n) is 22.2. The summed E-state index contributed by atoms with van der Waals surface area (Å²) in [5.74, 6) is -2.30. The van der Waals surface area contributed by atoms with Gasteiger partial charge >= 0.3 is 0 Å². The Bertz CT molecular complexity index is 1730. The molecule has 12 heteroatoms. The number of rotatable bonds is 9. The molecular formula is C28H27F2N3O6S. The molecule has 2 heterocycles. The van der Waals surface area contributed by atoms with Crippen molar-refractivity contribution in [1.29, 1.82) is 0 Å². The van der Waals surface area contributed by atoms with Crippen LogP contribution in [-0.4, -0.2) is 42.3 Å². The number of hydrogen-bond donors (Lipinski definition) is 1. The van der Waals surface area contributed by atoms with Crippen molar-refractivity contribution in [1.82, 2.24) is 14.5 Å². The van der Waals surface area contributed by atoms with E-state index in [0.717, 1.165) is 23.1 Å². The lowest BCUT2D eigenvalue weighted by molar-refractivity contribution is 0.386. The van der Waals surface area contributed by atoms with Gasteiger partial charge in [0.25, 0.3) is 5.56 Å². The summed E-state index contributed by atoms with van der Waals surface area (Å²) >= 11 is 0. The fraction of sp³-hybridized carbons (Fsp3) is 0.250. The summed E-state index contributed by atoms with van der Waals surface area (Å²) in [5.41, 5.74) is -0.812. The van der Waals surface area contributed by atoms with Gasteiger partial charge in [0.2, 0.25) is 21.7 Å². The van der Waals surface area contributed by atoms with Crippen molar-refractivity contribution in [2.45, 2.75) is 42.9 Å². The average molecular weight is 572 g/mol. The summed E-state index contributed by atoms with van der Waals surface area (Å²) in [6, 6.07) is 9.09. The molecule has 0 amide bonds. The van der Waals surface area contributed by atoms with E-state index < -0.39 is 42.8 Å². The Morgan fingerprint density at radius 3 is 2.30 bits per heavy atom. The third-order valence-electron chi connectivity index (χ3n) is 6.43. The first-order valence-electron chi connectivity index (χ1n) is 12.3. The topological polar surface area (TPSA) is 121 Å². The van der Waals surface area contributed by atoms with E-state index >= 15 is 4.39 Å². The first kappa shape index (κ1) is 28.7. The predicted octanol–water partition coefficient (Wildman–Crippen LogP) is 4.78. The number of aromatic hydroxyl groups is 1. The second kappa shape index (κ2) is 11.4. The zero-order valence-corrected chi connectivity index (χ0v) is 23.1. The van der Waals surface area contributed by atoms with Crippen LogP contribution in [-0.2, 0) is 16.3 Å². The van der Waals surface area contributed by atoms with Crippen LogP contribution in [0.4, 0.5) is 8.78 Å². The Hall–Kier alpha value is -4.32. The maximum absolute atomic E-state index is 15.2. The van der Waals surface area contributed by atoms with E-state index in [1.807, 2.05) is 6.92 Å². The summed E-state index contributed by atoms with van der Waals surface area (Å²) < 4.78 is 68.5. The highest BCUT2D eigenvalue weighted by molar-refractivity contribution is 7.91. The Morgan fingerprint density at radius 1 is 1.02 bits per heavy atom. The zero-order chi connectivity index (χ0) is 29.2. The van der Waals surface area contributed by atoms with Crippen LogP contribution in [0.25, 0.3) is 16.8 Å². The number of halogens is 2. The normalized spacial score (nSPS) is 11.4. The molecule has 0 unspecified atom stereocenters. The molecule has 0 bridgehead atoms. The number of aromatic nitrogens is 3. The fourth-order valence-electron chi connectivity index (χ4n) is 4.36. The van der Waals surface area contributed by atoms with E-state index in [0.29, 0.717) is 12.5 Å². The Morgan fingerprint density at radius 2 is 1.70 bits per heavy atom. The average Bonchev–Trinajstić information content (AvgIpc) is 2.93. The number of para-hydroxylation sites is 1. The van der Waals surface area contributed by atoms with E-state index in [2.05, 4.69) is 9.97 Å². The standard InChI is InChI=1S/C28H27F2N3O6S/c1-5-6-10-23-32-27(34)25(28(35)33(23)24-21(38-3)8-7-9-22(24)39-4)40(36,37)17-11-12-19(20(29)15-17)18-13-14-31-26(30)16(18)2/h7-9,11-15,34H,5-6,10H2,1-4H3. The van der Waals surface area contributed by atoms with Gasteiger partial charge in [-0.15, -0.1) is 0 Å². The van der Waals surface area contributed by atoms with E-state index in [1.165, 1.54) is 33.4 Å². The number of methoxy groups -OCH3 is 2. The van der Waals surface area contributed by atoms with Gasteiger partial charge in [0.15, 0.2) is 4.90 Å². The third-order valence-corrected chi connectivity index (χ3v) is 8.19. The summed E-state index contributed by atoms with van der Waals surface area (Å²) in [5, 5.41) is 10.8. The Kier molecular flexibility index (Phi) is 8.19. The van der Waals surface area contributed by atoms with Crippen LogP contribution >= 0.6 is 0 Å². The van der Waals surface area contributed by atoms with Crippen molar-refractivity contribution < 1.29 is 31.8 Å². The van der Waals surface area contributed by atoms with E-state index in [1.54, 1.807) is 18.2 Å². The fourth-order valence-corrected chi connectivity index (χ4v) is 5.71. The van der Waals surface area contributed by atoms with Gasteiger partial charge in [-0.1, -0.05) is 25.5 Å². The van der Waals surface area contributed by atoms with Crippen LogP contribution in [0.3, 0.4) is 0 Å². The van der Waals surface area contributed by atoms with Crippen LogP contribution < -0.4 is 15.0 Å². The van der Waals surface area contributed by atoms with Gasteiger partial charge in [-0.05, 0) is 49.2 Å². The molecule has 4 rings (SSSR count). The molecule has 0 aliphatic rings. The van der Waals surface area contributed by atoms with Crippen molar-refractivity contribution >= 4 is 9.84 Å². The molecule has 0 radical (unpaired) electrons.